The normalized spacial score (nSPS) is 10.7. The van der Waals surface area contributed by atoms with Crippen LogP contribution < -0.4 is 4.74 Å². The molecule has 0 saturated carbocycles. The van der Waals surface area contributed by atoms with Crippen molar-refractivity contribution in [1.29, 1.82) is 0 Å². The van der Waals surface area contributed by atoms with E-state index in [1.54, 1.807) is 13.4 Å². The molecule has 1 heterocycles. The van der Waals surface area contributed by atoms with Gasteiger partial charge in [-0.25, -0.2) is 4.98 Å². The number of ether oxygens (including phenoxy) is 1. The summed E-state index contributed by atoms with van der Waals surface area (Å²) < 4.78 is 7.31. The minimum Gasteiger partial charge on any atom is -0.494 e. The molecular formula is C10H12N2O. The molecule has 13 heavy (non-hydrogen) atoms. The zero-order chi connectivity index (χ0) is 9.42. The number of aromatic nitrogens is 2. The van der Waals surface area contributed by atoms with Gasteiger partial charge in [-0.2, -0.15) is 0 Å². The van der Waals surface area contributed by atoms with Gasteiger partial charge in [-0.3, -0.25) is 0 Å². The number of aryl methyl sites for hydroxylation is 2. The number of methoxy groups -OCH3 is 1. The summed E-state index contributed by atoms with van der Waals surface area (Å²) in [6.45, 7) is 2.03. The smallest absolute Gasteiger partial charge is 0.147 e. The van der Waals surface area contributed by atoms with Crippen LogP contribution in [-0.2, 0) is 7.05 Å². The van der Waals surface area contributed by atoms with Gasteiger partial charge in [0.2, 0.25) is 0 Å². The van der Waals surface area contributed by atoms with E-state index in [0.717, 1.165) is 22.3 Å². The average molecular weight is 176 g/mol. The van der Waals surface area contributed by atoms with Crippen LogP contribution in [0, 0.1) is 6.92 Å². The SMILES string of the molecule is COc1c(C)ccc2ncn(C)c12. The Morgan fingerprint density at radius 1 is 1.38 bits per heavy atom. The number of rotatable bonds is 1. The molecule has 0 amide bonds. The van der Waals surface area contributed by atoms with Crippen molar-refractivity contribution in [2.75, 3.05) is 7.11 Å². The summed E-state index contributed by atoms with van der Waals surface area (Å²) in [7, 11) is 3.66. The third-order valence-electron chi connectivity index (χ3n) is 2.23. The fourth-order valence-electron chi connectivity index (χ4n) is 1.57. The van der Waals surface area contributed by atoms with E-state index in [1.807, 2.05) is 30.7 Å². The quantitative estimate of drug-likeness (QED) is 0.663. The Labute approximate surface area is 77.0 Å². The summed E-state index contributed by atoms with van der Waals surface area (Å²) in [5.41, 5.74) is 3.17. The highest BCUT2D eigenvalue weighted by atomic mass is 16.5. The maximum atomic E-state index is 5.34. The zero-order valence-corrected chi connectivity index (χ0v) is 8.03. The van der Waals surface area contributed by atoms with Crippen molar-refractivity contribution < 1.29 is 4.74 Å². The van der Waals surface area contributed by atoms with Crippen LogP contribution in [0.25, 0.3) is 11.0 Å². The van der Waals surface area contributed by atoms with Crippen molar-refractivity contribution in [3.05, 3.63) is 24.0 Å². The molecule has 0 radical (unpaired) electrons. The predicted octanol–water partition coefficient (Wildman–Crippen LogP) is 1.89. The first-order valence-electron chi connectivity index (χ1n) is 4.18. The molecule has 0 saturated heterocycles. The average Bonchev–Trinajstić information content (AvgIpc) is 2.49. The third-order valence-corrected chi connectivity index (χ3v) is 2.23. The van der Waals surface area contributed by atoms with E-state index in [-0.39, 0.29) is 0 Å². The van der Waals surface area contributed by atoms with Gasteiger partial charge in [-0.1, -0.05) is 6.07 Å². The van der Waals surface area contributed by atoms with E-state index >= 15 is 0 Å². The summed E-state index contributed by atoms with van der Waals surface area (Å²) in [4.78, 5) is 4.25. The van der Waals surface area contributed by atoms with Crippen LogP contribution in [0.4, 0.5) is 0 Å². The highest BCUT2D eigenvalue weighted by Gasteiger charge is 2.08. The van der Waals surface area contributed by atoms with Crippen LogP contribution in [0.3, 0.4) is 0 Å². The largest absolute Gasteiger partial charge is 0.494 e. The Balaban J connectivity index is 2.88. The molecule has 0 atom stereocenters. The minimum absolute atomic E-state index is 0.914. The van der Waals surface area contributed by atoms with Gasteiger partial charge in [-0.05, 0) is 18.6 Å². The molecule has 2 aromatic rings. The van der Waals surface area contributed by atoms with Gasteiger partial charge in [0, 0.05) is 7.05 Å². The van der Waals surface area contributed by atoms with Crippen molar-refractivity contribution in [2.45, 2.75) is 6.92 Å². The molecule has 68 valence electrons. The molecule has 3 heteroatoms. The maximum Gasteiger partial charge on any atom is 0.147 e. The summed E-state index contributed by atoms with van der Waals surface area (Å²) >= 11 is 0. The molecule has 0 fully saturated rings. The van der Waals surface area contributed by atoms with E-state index in [1.165, 1.54) is 0 Å². The summed E-state index contributed by atoms with van der Waals surface area (Å²) in [5.74, 6) is 0.914. The molecule has 0 spiro atoms. The molecule has 0 N–H and O–H groups in total. The van der Waals surface area contributed by atoms with Gasteiger partial charge >= 0.3 is 0 Å². The molecule has 0 aliphatic heterocycles. The molecule has 0 aliphatic carbocycles. The Morgan fingerprint density at radius 3 is 2.85 bits per heavy atom. The Hall–Kier alpha value is -1.51. The molecular weight excluding hydrogens is 164 g/mol. The Morgan fingerprint density at radius 2 is 2.15 bits per heavy atom. The second-order valence-electron chi connectivity index (χ2n) is 3.14. The number of fused-ring (bicyclic) bond motifs is 1. The lowest BCUT2D eigenvalue weighted by molar-refractivity contribution is 0.415. The Kier molecular flexibility index (Phi) is 1.72. The summed E-state index contributed by atoms with van der Waals surface area (Å²) in [6, 6.07) is 4.03. The molecule has 1 aromatic heterocycles. The lowest BCUT2D eigenvalue weighted by atomic mass is 10.2. The number of benzene rings is 1. The summed E-state index contributed by atoms with van der Waals surface area (Å²) in [5, 5.41) is 0. The molecule has 0 bridgehead atoms. The summed E-state index contributed by atoms with van der Waals surface area (Å²) in [6.07, 6.45) is 1.80. The molecule has 1 aromatic carbocycles. The lowest BCUT2D eigenvalue weighted by Gasteiger charge is -2.06. The van der Waals surface area contributed by atoms with Crippen LogP contribution in [0.1, 0.15) is 5.56 Å². The van der Waals surface area contributed by atoms with Crippen LogP contribution in [-0.4, -0.2) is 16.7 Å². The Bertz CT molecular complexity index is 445. The third kappa shape index (κ3) is 1.08. The monoisotopic (exact) mass is 176 g/mol. The van der Waals surface area contributed by atoms with Gasteiger partial charge in [-0.15, -0.1) is 0 Å². The fourth-order valence-corrected chi connectivity index (χ4v) is 1.57. The van der Waals surface area contributed by atoms with Crippen LogP contribution in [0.2, 0.25) is 0 Å². The highest BCUT2D eigenvalue weighted by Crippen LogP contribution is 2.27. The minimum atomic E-state index is 0.914. The number of hydrogen-bond acceptors (Lipinski definition) is 2. The molecule has 0 unspecified atom stereocenters. The van der Waals surface area contributed by atoms with Gasteiger partial charge in [0.05, 0.1) is 19.0 Å². The van der Waals surface area contributed by atoms with E-state index in [2.05, 4.69) is 4.98 Å². The van der Waals surface area contributed by atoms with Crippen LogP contribution >= 0.6 is 0 Å². The van der Waals surface area contributed by atoms with Crippen molar-refractivity contribution >= 4 is 11.0 Å². The first-order valence-corrected chi connectivity index (χ1v) is 4.18. The van der Waals surface area contributed by atoms with Gasteiger partial charge in [0.25, 0.3) is 0 Å². The van der Waals surface area contributed by atoms with Crippen LogP contribution in [0.5, 0.6) is 5.75 Å². The number of nitrogens with zero attached hydrogens (tertiary/aromatic N) is 2. The first kappa shape index (κ1) is 8.10. The maximum absolute atomic E-state index is 5.34. The van der Waals surface area contributed by atoms with Crippen molar-refractivity contribution in [1.82, 2.24) is 9.55 Å². The predicted molar refractivity (Wildman–Crippen MR) is 52.0 cm³/mol. The number of imidazole rings is 1. The second kappa shape index (κ2) is 2.76. The lowest BCUT2D eigenvalue weighted by Crippen LogP contribution is -1.92. The van der Waals surface area contributed by atoms with Crippen molar-refractivity contribution in [2.24, 2.45) is 7.05 Å². The van der Waals surface area contributed by atoms with Gasteiger partial charge < -0.3 is 9.30 Å². The highest BCUT2D eigenvalue weighted by molar-refractivity contribution is 5.83. The standard InChI is InChI=1S/C10H12N2O/c1-7-4-5-8-9(10(7)13-3)12(2)6-11-8/h4-6H,1-3H3. The van der Waals surface area contributed by atoms with Crippen molar-refractivity contribution in [3.63, 3.8) is 0 Å². The second-order valence-corrected chi connectivity index (χ2v) is 3.14. The van der Waals surface area contributed by atoms with E-state index in [0.29, 0.717) is 0 Å². The van der Waals surface area contributed by atoms with E-state index in [9.17, 15) is 0 Å². The number of hydrogen-bond donors (Lipinski definition) is 0. The van der Waals surface area contributed by atoms with Crippen LogP contribution in [0.15, 0.2) is 18.5 Å². The van der Waals surface area contributed by atoms with E-state index < -0.39 is 0 Å². The van der Waals surface area contributed by atoms with E-state index in [4.69, 9.17) is 4.74 Å². The van der Waals surface area contributed by atoms with Crippen molar-refractivity contribution in [3.8, 4) is 5.75 Å². The zero-order valence-electron chi connectivity index (χ0n) is 8.03. The topological polar surface area (TPSA) is 27.1 Å². The van der Waals surface area contributed by atoms with Gasteiger partial charge in [0.1, 0.15) is 11.3 Å². The molecule has 2 rings (SSSR count). The van der Waals surface area contributed by atoms with Gasteiger partial charge in [0.15, 0.2) is 0 Å². The molecule has 3 nitrogen and oxygen atoms in total. The fraction of sp³-hybridized carbons (Fsp3) is 0.300. The first-order chi connectivity index (χ1) is 6.24. The molecule has 0 aliphatic rings.